The Labute approximate surface area is 168 Å². The van der Waals surface area contributed by atoms with Crippen molar-refractivity contribution in [1.82, 2.24) is 9.88 Å². The molecule has 3 heterocycles. The molecule has 4 rings (SSSR count). The molecule has 1 aromatic heterocycles. The zero-order valence-corrected chi connectivity index (χ0v) is 16.1. The fourth-order valence-corrected chi connectivity index (χ4v) is 3.62. The molecule has 2 aromatic rings. The summed E-state index contributed by atoms with van der Waals surface area (Å²) in [5.74, 6) is 0.696. The highest BCUT2D eigenvalue weighted by Crippen LogP contribution is 2.31. The summed E-state index contributed by atoms with van der Waals surface area (Å²) in [6, 6.07) is 10.9. The minimum Gasteiger partial charge on any atom is -0.491 e. The second kappa shape index (κ2) is 8.06. The molecule has 0 bridgehead atoms. The molecule has 1 atom stereocenters. The Bertz CT molecular complexity index is 869. The van der Waals surface area contributed by atoms with Crippen LogP contribution in [0, 0.1) is 5.92 Å². The number of aromatic nitrogens is 1. The van der Waals surface area contributed by atoms with Crippen LogP contribution in [0.15, 0.2) is 42.6 Å². The van der Waals surface area contributed by atoms with Crippen LogP contribution in [0.1, 0.15) is 6.42 Å². The maximum atomic E-state index is 12.7. The molecule has 28 heavy (non-hydrogen) atoms. The lowest BCUT2D eigenvalue weighted by atomic mass is 10.0. The molecule has 1 saturated heterocycles. The average Bonchev–Trinajstić information content (AvgIpc) is 2.87. The second-order valence-corrected chi connectivity index (χ2v) is 7.33. The highest BCUT2D eigenvalue weighted by atomic mass is 35.5. The SMILES string of the molecule is O=C1Nc2cc(Cl)ccc2OCC1CC(=O)N1CCN(c2ccccn2)CC1. The van der Waals surface area contributed by atoms with Crippen molar-refractivity contribution in [2.24, 2.45) is 5.92 Å². The lowest BCUT2D eigenvalue weighted by Gasteiger charge is -2.35. The molecule has 8 heteroatoms. The van der Waals surface area contributed by atoms with E-state index >= 15 is 0 Å². The molecule has 2 amide bonds. The Morgan fingerprint density at radius 2 is 2.04 bits per heavy atom. The van der Waals surface area contributed by atoms with Crippen molar-refractivity contribution in [2.75, 3.05) is 43.0 Å². The number of nitrogens with one attached hydrogen (secondary N) is 1. The fraction of sp³-hybridized carbons (Fsp3) is 0.350. The van der Waals surface area contributed by atoms with Crippen LogP contribution in [0.25, 0.3) is 0 Å². The first-order valence-electron chi connectivity index (χ1n) is 9.27. The Kier molecular flexibility index (Phi) is 5.34. The zero-order valence-electron chi connectivity index (χ0n) is 15.3. The number of hydrogen-bond donors (Lipinski definition) is 1. The van der Waals surface area contributed by atoms with Crippen molar-refractivity contribution in [3.8, 4) is 5.75 Å². The lowest BCUT2D eigenvalue weighted by molar-refractivity contribution is -0.135. The maximum absolute atomic E-state index is 12.7. The van der Waals surface area contributed by atoms with Gasteiger partial charge in [-0.05, 0) is 30.3 Å². The molecular formula is C20H21ClN4O3. The van der Waals surface area contributed by atoms with Crippen LogP contribution >= 0.6 is 11.6 Å². The van der Waals surface area contributed by atoms with Crippen LogP contribution in [0.2, 0.25) is 5.02 Å². The number of hydrogen-bond acceptors (Lipinski definition) is 5. The molecule has 1 fully saturated rings. The molecule has 2 aliphatic heterocycles. The number of benzene rings is 1. The highest BCUT2D eigenvalue weighted by molar-refractivity contribution is 6.31. The normalized spacial score (nSPS) is 19.3. The van der Waals surface area contributed by atoms with E-state index in [9.17, 15) is 9.59 Å². The summed E-state index contributed by atoms with van der Waals surface area (Å²) in [7, 11) is 0. The van der Waals surface area contributed by atoms with Crippen molar-refractivity contribution in [3.63, 3.8) is 0 Å². The quantitative estimate of drug-likeness (QED) is 0.856. The topological polar surface area (TPSA) is 74.8 Å². The molecule has 7 nitrogen and oxygen atoms in total. The largest absolute Gasteiger partial charge is 0.491 e. The standard InChI is InChI=1S/C20H21ClN4O3/c21-15-4-5-17-16(12-15)23-20(27)14(13-28-17)11-19(26)25-9-7-24(8-10-25)18-3-1-2-6-22-18/h1-6,12,14H,7-11,13H2,(H,23,27). The number of nitrogens with zero attached hydrogens (tertiary/aromatic N) is 3. The number of pyridine rings is 1. The van der Waals surface area contributed by atoms with E-state index in [0.717, 1.165) is 18.9 Å². The number of anilines is 2. The van der Waals surface area contributed by atoms with Gasteiger partial charge in [0.15, 0.2) is 0 Å². The van der Waals surface area contributed by atoms with Gasteiger partial charge in [-0.3, -0.25) is 9.59 Å². The van der Waals surface area contributed by atoms with E-state index in [1.54, 1.807) is 24.4 Å². The van der Waals surface area contributed by atoms with Crippen LogP contribution in [-0.2, 0) is 9.59 Å². The minimum atomic E-state index is -0.535. The van der Waals surface area contributed by atoms with Gasteiger partial charge < -0.3 is 19.9 Å². The number of carbonyl (C=O) groups is 2. The van der Waals surface area contributed by atoms with Gasteiger partial charge in [-0.15, -0.1) is 0 Å². The van der Waals surface area contributed by atoms with E-state index in [2.05, 4.69) is 15.2 Å². The fourth-order valence-electron chi connectivity index (χ4n) is 3.44. The average molecular weight is 401 g/mol. The lowest BCUT2D eigenvalue weighted by Crippen LogP contribution is -2.49. The van der Waals surface area contributed by atoms with Gasteiger partial charge in [0.2, 0.25) is 11.8 Å². The first-order valence-corrected chi connectivity index (χ1v) is 9.65. The van der Waals surface area contributed by atoms with Gasteiger partial charge in [0.05, 0.1) is 11.6 Å². The molecule has 0 aliphatic carbocycles. The Morgan fingerprint density at radius 3 is 2.79 bits per heavy atom. The van der Waals surface area contributed by atoms with Crippen LogP contribution < -0.4 is 15.0 Å². The molecule has 1 aromatic carbocycles. The molecule has 0 saturated carbocycles. The van der Waals surface area contributed by atoms with E-state index in [1.165, 1.54) is 0 Å². The van der Waals surface area contributed by atoms with E-state index < -0.39 is 5.92 Å². The van der Waals surface area contributed by atoms with Gasteiger partial charge in [0.1, 0.15) is 18.2 Å². The van der Waals surface area contributed by atoms with Crippen molar-refractivity contribution in [1.29, 1.82) is 0 Å². The van der Waals surface area contributed by atoms with Crippen LogP contribution in [0.3, 0.4) is 0 Å². The number of fused-ring (bicyclic) bond motifs is 1. The number of halogens is 1. The predicted molar refractivity (Wildman–Crippen MR) is 107 cm³/mol. The molecular weight excluding hydrogens is 380 g/mol. The summed E-state index contributed by atoms with van der Waals surface area (Å²) in [5, 5.41) is 3.33. The number of carbonyl (C=O) groups excluding carboxylic acids is 2. The predicted octanol–water partition coefficient (Wildman–Crippen LogP) is 2.42. The number of ether oxygens (including phenoxy) is 1. The van der Waals surface area contributed by atoms with Crippen LogP contribution in [0.4, 0.5) is 11.5 Å². The van der Waals surface area contributed by atoms with Gasteiger partial charge in [0.25, 0.3) is 0 Å². The summed E-state index contributed by atoms with van der Waals surface area (Å²) in [6.07, 6.45) is 1.89. The van der Waals surface area contributed by atoms with E-state index in [0.29, 0.717) is 29.5 Å². The highest BCUT2D eigenvalue weighted by Gasteiger charge is 2.30. The summed E-state index contributed by atoms with van der Waals surface area (Å²) in [5.41, 5.74) is 0.538. The van der Waals surface area contributed by atoms with Gasteiger partial charge in [0, 0.05) is 43.8 Å². The molecule has 146 valence electrons. The molecule has 0 radical (unpaired) electrons. The van der Waals surface area contributed by atoms with Gasteiger partial charge in [-0.2, -0.15) is 0 Å². The molecule has 1 unspecified atom stereocenters. The first-order chi connectivity index (χ1) is 13.6. The monoisotopic (exact) mass is 400 g/mol. The smallest absolute Gasteiger partial charge is 0.231 e. The Hall–Kier alpha value is -2.80. The van der Waals surface area contributed by atoms with E-state index in [-0.39, 0.29) is 24.8 Å². The minimum absolute atomic E-state index is 0.0339. The van der Waals surface area contributed by atoms with E-state index in [4.69, 9.17) is 16.3 Å². The number of rotatable bonds is 3. The van der Waals surface area contributed by atoms with Crippen LogP contribution in [-0.4, -0.2) is 54.5 Å². The van der Waals surface area contributed by atoms with Gasteiger partial charge in [-0.1, -0.05) is 17.7 Å². The molecule has 0 spiro atoms. The van der Waals surface area contributed by atoms with Crippen molar-refractivity contribution in [3.05, 3.63) is 47.6 Å². The Morgan fingerprint density at radius 1 is 1.21 bits per heavy atom. The summed E-state index contributed by atoms with van der Waals surface area (Å²) < 4.78 is 5.72. The summed E-state index contributed by atoms with van der Waals surface area (Å²) in [6.45, 7) is 2.83. The van der Waals surface area contributed by atoms with Crippen molar-refractivity contribution >= 4 is 34.9 Å². The number of piperazine rings is 1. The van der Waals surface area contributed by atoms with E-state index in [1.807, 2.05) is 23.1 Å². The van der Waals surface area contributed by atoms with Crippen LogP contribution in [0.5, 0.6) is 5.75 Å². The Balaban J connectivity index is 1.34. The van der Waals surface area contributed by atoms with Gasteiger partial charge >= 0.3 is 0 Å². The molecule has 2 aliphatic rings. The second-order valence-electron chi connectivity index (χ2n) is 6.90. The summed E-state index contributed by atoms with van der Waals surface area (Å²) in [4.78, 5) is 33.6. The third-order valence-electron chi connectivity index (χ3n) is 5.04. The van der Waals surface area contributed by atoms with Gasteiger partial charge in [-0.25, -0.2) is 4.98 Å². The molecule has 1 N–H and O–H groups in total. The first kappa shape index (κ1) is 18.6. The maximum Gasteiger partial charge on any atom is 0.231 e. The third-order valence-corrected chi connectivity index (χ3v) is 5.27. The summed E-state index contributed by atoms with van der Waals surface area (Å²) >= 11 is 5.98. The van der Waals surface area contributed by atoms with Crippen molar-refractivity contribution in [2.45, 2.75) is 6.42 Å². The number of amides is 2. The third kappa shape index (κ3) is 4.04. The zero-order chi connectivity index (χ0) is 19.5. The van der Waals surface area contributed by atoms with Crippen molar-refractivity contribution < 1.29 is 14.3 Å².